The molecule has 7 heteroatoms. The number of aromatic hydroxyl groups is 1. The van der Waals surface area contributed by atoms with Gasteiger partial charge in [-0.2, -0.15) is 0 Å². The highest BCUT2D eigenvalue weighted by Gasteiger charge is 2.47. The number of ketones is 1. The van der Waals surface area contributed by atoms with Crippen LogP contribution in [0, 0.1) is 13.8 Å². The molecule has 0 aromatic heterocycles. The Morgan fingerprint density at radius 3 is 2.38 bits per heavy atom. The van der Waals surface area contributed by atoms with Crippen LogP contribution in [-0.4, -0.2) is 35.1 Å². The molecule has 3 aromatic rings. The van der Waals surface area contributed by atoms with Crippen molar-refractivity contribution in [3.8, 4) is 17.2 Å². The molecule has 5 rings (SSSR count). The molecule has 172 valence electrons. The van der Waals surface area contributed by atoms with Crippen molar-refractivity contribution in [3.63, 3.8) is 0 Å². The van der Waals surface area contributed by atoms with Crippen LogP contribution in [0.25, 0.3) is 5.76 Å². The Bertz CT molecular complexity index is 1340. The summed E-state index contributed by atoms with van der Waals surface area (Å²) in [7, 11) is 0. The van der Waals surface area contributed by atoms with E-state index in [1.807, 2.05) is 26.0 Å². The largest absolute Gasteiger partial charge is 0.508 e. The van der Waals surface area contributed by atoms with E-state index in [9.17, 15) is 19.8 Å². The molecule has 2 aliphatic rings. The van der Waals surface area contributed by atoms with E-state index in [4.69, 9.17) is 9.47 Å². The maximum absolute atomic E-state index is 13.3. The zero-order chi connectivity index (χ0) is 24.0. The molecule has 0 bridgehead atoms. The van der Waals surface area contributed by atoms with E-state index in [0.29, 0.717) is 41.5 Å². The summed E-state index contributed by atoms with van der Waals surface area (Å²) in [6.45, 7) is 4.63. The Morgan fingerprint density at radius 1 is 0.941 bits per heavy atom. The lowest BCUT2D eigenvalue weighted by atomic mass is 9.94. The van der Waals surface area contributed by atoms with Crippen LogP contribution in [0.4, 0.5) is 5.69 Å². The van der Waals surface area contributed by atoms with Crippen molar-refractivity contribution in [2.24, 2.45) is 0 Å². The zero-order valence-electron chi connectivity index (χ0n) is 18.7. The number of hydrogen-bond acceptors (Lipinski definition) is 6. The molecule has 3 aromatic carbocycles. The van der Waals surface area contributed by atoms with E-state index in [-0.39, 0.29) is 17.1 Å². The molecule has 1 saturated heterocycles. The first kappa shape index (κ1) is 21.6. The van der Waals surface area contributed by atoms with E-state index in [0.717, 1.165) is 11.1 Å². The molecule has 1 unspecified atom stereocenters. The van der Waals surface area contributed by atoms with Crippen LogP contribution in [0.15, 0.2) is 66.2 Å². The predicted molar refractivity (Wildman–Crippen MR) is 126 cm³/mol. The second-order valence-corrected chi connectivity index (χ2v) is 8.34. The first-order valence-corrected chi connectivity index (χ1v) is 10.9. The second kappa shape index (κ2) is 8.26. The minimum atomic E-state index is -0.880. The number of carbonyl (C=O) groups is 2. The molecule has 0 aliphatic carbocycles. The summed E-state index contributed by atoms with van der Waals surface area (Å²) in [5.74, 6) is -0.758. The van der Waals surface area contributed by atoms with Crippen LogP contribution >= 0.6 is 0 Å². The molecule has 1 fully saturated rings. The van der Waals surface area contributed by atoms with Gasteiger partial charge in [0, 0.05) is 11.3 Å². The van der Waals surface area contributed by atoms with Gasteiger partial charge in [0.1, 0.15) is 24.7 Å². The van der Waals surface area contributed by atoms with Crippen LogP contribution in [0.1, 0.15) is 28.3 Å². The van der Waals surface area contributed by atoms with Crippen molar-refractivity contribution in [2.75, 3.05) is 18.1 Å². The van der Waals surface area contributed by atoms with Gasteiger partial charge in [-0.1, -0.05) is 24.3 Å². The number of phenolic OH excluding ortho intramolecular Hbond substituents is 1. The number of ether oxygens (including phenoxy) is 2. The summed E-state index contributed by atoms with van der Waals surface area (Å²) in [6, 6.07) is 15.8. The van der Waals surface area contributed by atoms with E-state index in [2.05, 4.69) is 0 Å². The molecule has 2 aliphatic heterocycles. The molecular weight excluding hydrogens is 434 g/mol. The van der Waals surface area contributed by atoms with Crippen LogP contribution in [0.2, 0.25) is 0 Å². The van der Waals surface area contributed by atoms with Crippen LogP contribution < -0.4 is 14.4 Å². The maximum atomic E-state index is 13.3. The fraction of sp³-hybridized carbons (Fsp3) is 0.185. The molecule has 2 heterocycles. The quantitative estimate of drug-likeness (QED) is 0.344. The molecular formula is C27H23NO6. The van der Waals surface area contributed by atoms with Crippen molar-refractivity contribution in [1.29, 1.82) is 0 Å². The Labute approximate surface area is 196 Å². The Kier molecular flexibility index (Phi) is 5.24. The molecule has 0 radical (unpaired) electrons. The highest BCUT2D eigenvalue weighted by molar-refractivity contribution is 6.51. The number of phenols is 1. The average Bonchev–Trinajstić information content (AvgIpc) is 3.11. The van der Waals surface area contributed by atoms with Gasteiger partial charge in [0.25, 0.3) is 11.7 Å². The Hall–Kier alpha value is -4.26. The smallest absolute Gasteiger partial charge is 0.300 e. The Morgan fingerprint density at radius 2 is 1.65 bits per heavy atom. The average molecular weight is 457 g/mol. The van der Waals surface area contributed by atoms with Crippen LogP contribution in [-0.2, 0) is 9.59 Å². The van der Waals surface area contributed by atoms with E-state index >= 15 is 0 Å². The number of carbonyl (C=O) groups excluding carboxylic acids is 2. The number of nitrogens with zero attached hydrogens (tertiary/aromatic N) is 1. The second-order valence-electron chi connectivity index (χ2n) is 8.34. The molecule has 1 amide bonds. The fourth-order valence-electron chi connectivity index (χ4n) is 4.40. The third-order valence-corrected chi connectivity index (χ3v) is 6.30. The topological polar surface area (TPSA) is 96.3 Å². The van der Waals surface area contributed by atoms with E-state index in [1.54, 1.807) is 36.4 Å². The van der Waals surface area contributed by atoms with Crippen molar-refractivity contribution in [3.05, 3.63) is 88.5 Å². The number of anilines is 1. The summed E-state index contributed by atoms with van der Waals surface area (Å²) < 4.78 is 11.2. The van der Waals surface area contributed by atoms with Crippen molar-refractivity contribution < 1.29 is 29.3 Å². The first-order valence-electron chi connectivity index (χ1n) is 10.9. The van der Waals surface area contributed by atoms with E-state index < -0.39 is 17.7 Å². The Balaban J connectivity index is 1.72. The molecule has 1 atom stereocenters. The fourth-order valence-corrected chi connectivity index (χ4v) is 4.40. The van der Waals surface area contributed by atoms with Crippen molar-refractivity contribution >= 4 is 23.1 Å². The molecule has 34 heavy (non-hydrogen) atoms. The highest BCUT2D eigenvalue weighted by Crippen LogP contribution is 2.44. The standard InChI is InChI=1S/C27H23NO6/c1-15-4-3-5-20(16(15)2)28-24(17-6-9-19(29)10-7-17)23(26(31)27(28)32)25(30)18-8-11-21-22(14-18)34-13-12-33-21/h3-11,14,24,29-30H,12-13H2,1-2H3/b25-23-. The summed E-state index contributed by atoms with van der Waals surface area (Å²) in [4.78, 5) is 28.1. The lowest BCUT2D eigenvalue weighted by Gasteiger charge is -2.27. The number of fused-ring (bicyclic) bond motifs is 1. The van der Waals surface area contributed by atoms with Crippen molar-refractivity contribution in [1.82, 2.24) is 0 Å². The minimum absolute atomic E-state index is 0.0340. The number of aryl methyl sites for hydroxylation is 1. The molecule has 0 spiro atoms. The number of Topliss-reactive ketones (excluding diaryl/α,β-unsaturated/α-hetero) is 1. The minimum Gasteiger partial charge on any atom is -0.508 e. The number of aliphatic hydroxyl groups excluding tert-OH is 1. The SMILES string of the molecule is Cc1cccc(N2C(=O)C(=O)/C(=C(\O)c3ccc4c(c3)OCCO4)C2c2ccc(O)cc2)c1C. The summed E-state index contributed by atoms with van der Waals surface area (Å²) >= 11 is 0. The van der Waals surface area contributed by atoms with Gasteiger partial charge in [0.15, 0.2) is 11.5 Å². The molecule has 2 N–H and O–H groups in total. The number of benzene rings is 3. The highest BCUT2D eigenvalue weighted by atomic mass is 16.6. The maximum Gasteiger partial charge on any atom is 0.300 e. The van der Waals surface area contributed by atoms with Gasteiger partial charge in [-0.15, -0.1) is 0 Å². The van der Waals surface area contributed by atoms with Gasteiger partial charge in [-0.05, 0) is 66.9 Å². The first-order chi connectivity index (χ1) is 16.4. The lowest BCUT2D eigenvalue weighted by Crippen LogP contribution is -2.30. The van der Waals surface area contributed by atoms with Gasteiger partial charge >= 0.3 is 0 Å². The number of rotatable bonds is 3. The van der Waals surface area contributed by atoms with E-state index in [1.165, 1.54) is 17.0 Å². The van der Waals surface area contributed by atoms with Gasteiger partial charge in [-0.3, -0.25) is 14.5 Å². The lowest BCUT2D eigenvalue weighted by molar-refractivity contribution is -0.132. The van der Waals surface area contributed by atoms with Crippen LogP contribution in [0.5, 0.6) is 17.2 Å². The summed E-state index contributed by atoms with van der Waals surface area (Å²) in [6.07, 6.45) is 0. The number of amides is 1. The normalized spacial score (nSPS) is 18.9. The van der Waals surface area contributed by atoms with Gasteiger partial charge in [0.05, 0.1) is 11.6 Å². The van der Waals surface area contributed by atoms with Gasteiger partial charge < -0.3 is 19.7 Å². The van der Waals surface area contributed by atoms with Gasteiger partial charge in [0.2, 0.25) is 0 Å². The van der Waals surface area contributed by atoms with Crippen molar-refractivity contribution in [2.45, 2.75) is 19.9 Å². The zero-order valence-corrected chi connectivity index (χ0v) is 18.7. The monoisotopic (exact) mass is 457 g/mol. The number of hydrogen-bond donors (Lipinski definition) is 2. The number of aliphatic hydroxyl groups is 1. The summed E-state index contributed by atoms with van der Waals surface area (Å²) in [5.41, 5.74) is 3.29. The molecule has 0 saturated carbocycles. The third kappa shape index (κ3) is 3.46. The van der Waals surface area contributed by atoms with Crippen LogP contribution in [0.3, 0.4) is 0 Å². The van der Waals surface area contributed by atoms with Gasteiger partial charge in [-0.25, -0.2) is 0 Å². The predicted octanol–water partition coefficient (Wildman–Crippen LogP) is 4.41. The summed E-state index contributed by atoms with van der Waals surface area (Å²) in [5, 5.41) is 21.1. The molecule has 7 nitrogen and oxygen atoms in total. The third-order valence-electron chi connectivity index (χ3n) is 6.30.